The first-order valence-electron chi connectivity index (χ1n) is 5.95. The van der Waals surface area contributed by atoms with Crippen molar-refractivity contribution in [2.75, 3.05) is 5.75 Å². The number of hydrogen-bond acceptors (Lipinski definition) is 4. The number of aliphatic hydroxyl groups is 1. The van der Waals surface area contributed by atoms with Gasteiger partial charge in [0.05, 0.1) is 16.6 Å². The lowest BCUT2D eigenvalue weighted by atomic mass is 9.81. The van der Waals surface area contributed by atoms with Crippen LogP contribution in [0.1, 0.15) is 46.0 Å². The van der Waals surface area contributed by atoms with Crippen LogP contribution in [0.15, 0.2) is 0 Å². The third kappa shape index (κ3) is 3.71. The molecular formula is C11H23NO3S. The summed E-state index contributed by atoms with van der Waals surface area (Å²) in [5, 5.41) is 9.85. The first-order chi connectivity index (χ1) is 7.25. The smallest absolute Gasteiger partial charge is 0.152 e. The molecule has 0 atom stereocenters. The fourth-order valence-electron chi connectivity index (χ4n) is 2.00. The van der Waals surface area contributed by atoms with Gasteiger partial charge in [0, 0.05) is 6.04 Å². The zero-order chi connectivity index (χ0) is 12.4. The van der Waals surface area contributed by atoms with Gasteiger partial charge < -0.3 is 10.8 Å². The van der Waals surface area contributed by atoms with Crippen LogP contribution in [0, 0.1) is 0 Å². The average Bonchev–Trinajstić information content (AvgIpc) is 2.20. The molecule has 1 fully saturated rings. The normalized spacial score (nSPS) is 31.9. The Morgan fingerprint density at radius 2 is 1.88 bits per heavy atom. The summed E-state index contributed by atoms with van der Waals surface area (Å²) in [4.78, 5) is 0. The lowest BCUT2D eigenvalue weighted by Gasteiger charge is -2.34. The molecule has 1 rings (SSSR count). The van der Waals surface area contributed by atoms with Gasteiger partial charge in [-0.25, -0.2) is 8.42 Å². The highest BCUT2D eigenvalue weighted by atomic mass is 32.2. The molecule has 1 aliphatic rings. The van der Waals surface area contributed by atoms with Gasteiger partial charge >= 0.3 is 0 Å². The Hall–Kier alpha value is -0.130. The van der Waals surface area contributed by atoms with Crippen LogP contribution >= 0.6 is 0 Å². The molecule has 0 aliphatic heterocycles. The molecule has 1 aliphatic carbocycles. The molecule has 0 radical (unpaired) electrons. The molecule has 5 heteroatoms. The van der Waals surface area contributed by atoms with Crippen LogP contribution in [0.5, 0.6) is 0 Å². The Morgan fingerprint density at radius 3 is 2.31 bits per heavy atom. The highest BCUT2D eigenvalue weighted by Crippen LogP contribution is 2.31. The van der Waals surface area contributed by atoms with Gasteiger partial charge in [0.25, 0.3) is 0 Å². The fraction of sp³-hybridized carbons (Fsp3) is 1.00. The number of nitrogens with two attached hydrogens (primary N) is 1. The van der Waals surface area contributed by atoms with E-state index in [1.165, 1.54) is 0 Å². The van der Waals surface area contributed by atoms with Crippen LogP contribution in [0.2, 0.25) is 0 Å². The number of sulfone groups is 1. The monoisotopic (exact) mass is 249 g/mol. The maximum Gasteiger partial charge on any atom is 0.152 e. The summed E-state index contributed by atoms with van der Waals surface area (Å²) in [7, 11) is -3.04. The van der Waals surface area contributed by atoms with Crippen LogP contribution in [0.25, 0.3) is 0 Å². The zero-order valence-electron chi connectivity index (χ0n) is 10.1. The van der Waals surface area contributed by atoms with Crippen molar-refractivity contribution in [3.05, 3.63) is 0 Å². The quantitative estimate of drug-likeness (QED) is 0.773. The maximum atomic E-state index is 11.6. The predicted molar refractivity (Wildman–Crippen MR) is 64.9 cm³/mol. The van der Waals surface area contributed by atoms with Gasteiger partial charge in [0.2, 0.25) is 0 Å². The molecule has 16 heavy (non-hydrogen) atoms. The van der Waals surface area contributed by atoms with Gasteiger partial charge in [0.15, 0.2) is 9.84 Å². The standard InChI is InChI=1S/C11H23NO3S/c1-9(2)16(14,15)8-7-11(13)5-3-10(12)4-6-11/h9-10,13H,3-8,12H2,1-2H3. The van der Waals surface area contributed by atoms with E-state index >= 15 is 0 Å². The van der Waals surface area contributed by atoms with Crippen molar-refractivity contribution in [3.8, 4) is 0 Å². The lowest BCUT2D eigenvalue weighted by molar-refractivity contribution is -0.00284. The molecule has 0 saturated heterocycles. The Morgan fingerprint density at radius 1 is 1.38 bits per heavy atom. The molecule has 0 aromatic rings. The molecule has 1 saturated carbocycles. The zero-order valence-corrected chi connectivity index (χ0v) is 11.0. The number of hydrogen-bond donors (Lipinski definition) is 2. The summed E-state index contributed by atoms with van der Waals surface area (Å²) < 4.78 is 23.3. The summed E-state index contributed by atoms with van der Waals surface area (Å²) in [5.74, 6) is 0.0798. The van der Waals surface area contributed by atoms with Crippen molar-refractivity contribution < 1.29 is 13.5 Å². The second kappa shape index (κ2) is 5.02. The Balaban J connectivity index is 2.49. The third-order valence-corrected chi connectivity index (χ3v) is 5.74. The summed E-state index contributed by atoms with van der Waals surface area (Å²) in [5.41, 5.74) is 4.95. The maximum absolute atomic E-state index is 11.6. The van der Waals surface area contributed by atoms with E-state index in [0.29, 0.717) is 19.3 Å². The van der Waals surface area contributed by atoms with Gasteiger partial charge in [-0.05, 0) is 46.0 Å². The largest absolute Gasteiger partial charge is 0.390 e. The summed E-state index contributed by atoms with van der Waals surface area (Å²) in [6.07, 6.45) is 3.18. The van der Waals surface area contributed by atoms with E-state index in [-0.39, 0.29) is 17.0 Å². The molecule has 0 unspecified atom stereocenters. The Bertz CT molecular complexity index is 316. The molecule has 3 N–H and O–H groups in total. The molecule has 96 valence electrons. The lowest BCUT2D eigenvalue weighted by Crippen LogP contribution is -2.40. The molecule has 0 aromatic heterocycles. The Kier molecular flexibility index (Phi) is 4.37. The van der Waals surface area contributed by atoms with Crippen molar-refractivity contribution in [1.29, 1.82) is 0 Å². The first kappa shape index (κ1) is 13.9. The molecule has 4 nitrogen and oxygen atoms in total. The summed E-state index contributed by atoms with van der Waals surface area (Å²) >= 11 is 0. The molecular weight excluding hydrogens is 226 g/mol. The molecule has 0 amide bonds. The van der Waals surface area contributed by atoms with Gasteiger partial charge in [-0.3, -0.25) is 0 Å². The minimum absolute atomic E-state index is 0.0798. The van der Waals surface area contributed by atoms with Crippen molar-refractivity contribution in [1.82, 2.24) is 0 Å². The molecule has 0 aromatic carbocycles. The second-order valence-electron chi connectivity index (χ2n) is 5.23. The molecule has 0 spiro atoms. The van der Waals surface area contributed by atoms with Gasteiger partial charge in [-0.15, -0.1) is 0 Å². The predicted octanol–water partition coefficient (Wildman–Crippen LogP) is 0.832. The summed E-state index contributed by atoms with van der Waals surface area (Å²) in [6.45, 7) is 3.35. The highest BCUT2D eigenvalue weighted by molar-refractivity contribution is 7.91. The van der Waals surface area contributed by atoms with Crippen molar-refractivity contribution in [2.24, 2.45) is 5.73 Å². The fourth-order valence-corrected chi connectivity index (χ4v) is 3.13. The third-order valence-electron chi connectivity index (χ3n) is 3.53. The van der Waals surface area contributed by atoms with Crippen LogP contribution in [0.4, 0.5) is 0 Å². The SMILES string of the molecule is CC(C)S(=O)(=O)CCC1(O)CCC(N)CC1. The minimum atomic E-state index is -3.04. The van der Waals surface area contributed by atoms with Gasteiger partial charge in [-0.1, -0.05) is 0 Å². The van der Waals surface area contributed by atoms with E-state index in [2.05, 4.69) is 0 Å². The van der Waals surface area contributed by atoms with Gasteiger partial charge in [-0.2, -0.15) is 0 Å². The first-order valence-corrected chi connectivity index (χ1v) is 7.66. The van der Waals surface area contributed by atoms with E-state index in [1.54, 1.807) is 13.8 Å². The van der Waals surface area contributed by atoms with Crippen molar-refractivity contribution in [3.63, 3.8) is 0 Å². The average molecular weight is 249 g/mol. The highest BCUT2D eigenvalue weighted by Gasteiger charge is 2.33. The van der Waals surface area contributed by atoms with E-state index in [4.69, 9.17) is 5.73 Å². The minimum Gasteiger partial charge on any atom is -0.390 e. The van der Waals surface area contributed by atoms with Crippen LogP contribution in [-0.2, 0) is 9.84 Å². The molecule has 0 heterocycles. The summed E-state index contributed by atoms with van der Waals surface area (Å²) in [6, 6.07) is 0.169. The van der Waals surface area contributed by atoms with Crippen molar-refractivity contribution in [2.45, 2.75) is 62.8 Å². The topological polar surface area (TPSA) is 80.4 Å². The van der Waals surface area contributed by atoms with Crippen LogP contribution < -0.4 is 5.73 Å². The second-order valence-corrected chi connectivity index (χ2v) is 7.90. The van der Waals surface area contributed by atoms with E-state index in [1.807, 2.05) is 0 Å². The van der Waals surface area contributed by atoms with Crippen molar-refractivity contribution >= 4 is 9.84 Å². The van der Waals surface area contributed by atoms with E-state index in [0.717, 1.165) is 12.8 Å². The Labute approximate surface area is 98.1 Å². The van der Waals surface area contributed by atoms with Crippen LogP contribution in [-0.4, -0.2) is 36.2 Å². The van der Waals surface area contributed by atoms with E-state index in [9.17, 15) is 13.5 Å². The number of rotatable bonds is 4. The van der Waals surface area contributed by atoms with Crippen LogP contribution in [0.3, 0.4) is 0 Å². The molecule has 0 bridgehead atoms. The van der Waals surface area contributed by atoms with E-state index < -0.39 is 15.4 Å². The van der Waals surface area contributed by atoms with Gasteiger partial charge in [0.1, 0.15) is 0 Å².